The van der Waals surface area contributed by atoms with E-state index in [1.165, 1.54) is 28.1 Å². The largest absolute Gasteiger partial charge is 0.215 e. The number of hydrogen-bond acceptors (Lipinski definition) is 0. The fraction of sp³-hybridized carbons (Fsp3) is 0.267. The third-order valence-corrected chi connectivity index (χ3v) is 3.21. The Morgan fingerprint density at radius 3 is 2.19 bits per heavy atom. The molecule has 0 radical (unpaired) electrons. The van der Waals surface area contributed by atoms with Crippen molar-refractivity contribution in [1.29, 1.82) is 0 Å². The molecular formula is C15H18N+. The molecule has 0 fully saturated rings. The Bertz CT molecular complexity index is 527. The summed E-state index contributed by atoms with van der Waals surface area (Å²) in [6.45, 7) is 6.47. The van der Waals surface area contributed by atoms with Gasteiger partial charge in [0.2, 0.25) is 5.69 Å². The normalized spacial score (nSPS) is 10.5. The van der Waals surface area contributed by atoms with Gasteiger partial charge >= 0.3 is 0 Å². The molecule has 82 valence electrons. The molecule has 0 atom stereocenters. The van der Waals surface area contributed by atoms with Crippen LogP contribution in [0.3, 0.4) is 0 Å². The molecule has 0 aliphatic rings. The van der Waals surface area contributed by atoms with Crippen molar-refractivity contribution in [3.05, 3.63) is 53.2 Å². The molecule has 0 amide bonds. The van der Waals surface area contributed by atoms with Crippen molar-refractivity contribution in [2.75, 3.05) is 0 Å². The molecule has 0 bridgehead atoms. The van der Waals surface area contributed by atoms with Crippen LogP contribution in [0.15, 0.2) is 36.4 Å². The van der Waals surface area contributed by atoms with E-state index >= 15 is 0 Å². The molecular weight excluding hydrogens is 194 g/mol. The molecule has 1 aromatic carbocycles. The summed E-state index contributed by atoms with van der Waals surface area (Å²) in [7, 11) is 2.13. The molecule has 2 aromatic rings. The van der Waals surface area contributed by atoms with Gasteiger partial charge in [-0.2, -0.15) is 4.57 Å². The third-order valence-electron chi connectivity index (χ3n) is 3.21. The summed E-state index contributed by atoms with van der Waals surface area (Å²) in [5.74, 6) is 0. The van der Waals surface area contributed by atoms with Gasteiger partial charge in [-0.15, -0.1) is 0 Å². The second kappa shape index (κ2) is 4.09. The van der Waals surface area contributed by atoms with Crippen LogP contribution in [0.4, 0.5) is 0 Å². The van der Waals surface area contributed by atoms with Gasteiger partial charge in [0.1, 0.15) is 7.05 Å². The number of rotatable bonds is 1. The van der Waals surface area contributed by atoms with Gasteiger partial charge in [-0.1, -0.05) is 18.2 Å². The molecule has 2 rings (SSSR count). The summed E-state index contributed by atoms with van der Waals surface area (Å²) >= 11 is 0. The molecule has 16 heavy (non-hydrogen) atoms. The Kier molecular flexibility index (Phi) is 2.78. The maximum atomic E-state index is 2.26. The highest BCUT2D eigenvalue weighted by atomic mass is 14.9. The molecule has 0 aliphatic heterocycles. The number of aromatic nitrogens is 1. The smallest absolute Gasteiger partial charge is 0.198 e. The van der Waals surface area contributed by atoms with E-state index < -0.39 is 0 Å². The number of aryl methyl sites for hydroxylation is 3. The first-order valence-corrected chi connectivity index (χ1v) is 5.63. The van der Waals surface area contributed by atoms with Crippen LogP contribution < -0.4 is 4.57 Å². The van der Waals surface area contributed by atoms with Gasteiger partial charge in [0.25, 0.3) is 0 Å². The molecule has 0 spiro atoms. The van der Waals surface area contributed by atoms with Crippen molar-refractivity contribution in [1.82, 2.24) is 0 Å². The van der Waals surface area contributed by atoms with Gasteiger partial charge in [-0.25, -0.2) is 0 Å². The highest BCUT2D eigenvalue weighted by Crippen LogP contribution is 2.23. The lowest BCUT2D eigenvalue weighted by molar-refractivity contribution is -0.667. The van der Waals surface area contributed by atoms with Crippen molar-refractivity contribution in [2.45, 2.75) is 20.8 Å². The van der Waals surface area contributed by atoms with E-state index in [9.17, 15) is 0 Å². The summed E-state index contributed by atoms with van der Waals surface area (Å²) in [5.41, 5.74) is 6.57. The number of pyridine rings is 1. The van der Waals surface area contributed by atoms with Crippen LogP contribution in [0.2, 0.25) is 0 Å². The first-order chi connectivity index (χ1) is 7.61. The summed E-state index contributed by atoms with van der Waals surface area (Å²) in [6, 6.07) is 12.9. The van der Waals surface area contributed by atoms with Gasteiger partial charge in [-0.3, -0.25) is 0 Å². The average Bonchev–Trinajstić information content (AvgIpc) is 2.27. The predicted molar refractivity (Wildman–Crippen MR) is 67.3 cm³/mol. The summed E-state index contributed by atoms with van der Waals surface area (Å²) < 4.78 is 2.26. The van der Waals surface area contributed by atoms with E-state index in [1.54, 1.807) is 0 Å². The quantitative estimate of drug-likeness (QED) is 0.639. The Morgan fingerprint density at radius 1 is 0.812 bits per heavy atom. The highest BCUT2D eigenvalue weighted by molar-refractivity contribution is 5.63. The van der Waals surface area contributed by atoms with Gasteiger partial charge in [0.15, 0.2) is 5.69 Å². The van der Waals surface area contributed by atoms with Crippen molar-refractivity contribution in [3.63, 3.8) is 0 Å². The van der Waals surface area contributed by atoms with Crippen LogP contribution in [0.1, 0.15) is 16.8 Å². The van der Waals surface area contributed by atoms with Gasteiger partial charge in [0, 0.05) is 24.1 Å². The molecule has 1 aromatic heterocycles. The Hall–Kier alpha value is -1.63. The van der Waals surface area contributed by atoms with Crippen LogP contribution in [0.5, 0.6) is 0 Å². The van der Waals surface area contributed by atoms with Crippen LogP contribution >= 0.6 is 0 Å². The topological polar surface area (TPSA) is 3.88 Å². The zero-order valence-electron chi connectivity index (χ0n) is 10.4. The first-order valence-electron chi connectivity index (χ1n) is 5.63. The first kappa shape index (κ1) is 10.9. The van der Waals surface area contributed by atoms with Gasteiger partial charge < -0.3 is 0 Å². The lowest BCUT2D eigenvalue weighted by Crippen LogP contribution is -2.35. The minimum absolute atomic E-state index is 1.28. The molecule has 0 N–H and O–H groups in total. The average molecular weight is 212 g/mol. The van der Waals surface area contributed by atoms with Crippen molar-refractivity contribution < 1.29 is 4.57 Å². The SMILES string of the molecule is Cc1ccccc1-c1c(C)ccc(C)[n+]1C. The van der Waals surface area contributed by atoms with E-state index in [1.807, 2.05) is 0 Å². The van der Waals surface area contributed by atoms with Crippen LogP contribution in [0, 0.1) is 20.8 Å². The molecule has 0 saturated heterocycles. The highest BCUT2D eigenvalue weighted by Gasteiger charge is 2.16. The number of hydrogen-bond donors (Lipinski definition) is 0. The van der Waals surface area contributed by atoms with E-state index in [0.717, 1.165) is 0 Å². The minimum Gasteiger partial charge on any atom is -0.198 e. The summed E-state index contributed by atoms with van der Waals surface area (Å²) in [4.78, 5) is 0. The van der Waals surface area contributed by atoms with Crippen LogP contribution in [-0.4, -0.2) is 0 Å². The fourth-order valence-electron chi connectivity index (χ4n) is 2.11. The monoisotopic (exact) mass is 212 g/mol. The minimum atomic E-state index is 1.28. The van der Waals surface area contributed by atoms with E-state index in [4.69, 9.17) is 0 Å². The van der Waals surface area contributed by atoms with E-state index in [2.05, 4.69) is 68.8 Å². The van der Waals surface area contributed by atoms with Gasteiger partial charge in [-0.05, 0) is 31.5 Å². The molecule has 1 heterocycles. The second-order valence-electron chi connectivity index (χ2n) is 4.38. The summed E-state index contributed by atoms with van der Waals surface area (Å²) in [5, 5.41) is 0. The summed E-state index contributed by atoms with van der Waals surface area (Å²) in [6.07, 6.45) is 0. The van der Waals surface area contributed by atoms with Crippen LogP contribution in [-0.2, 0) is 7.05 Å². The zero-order valence-corrected chi connectivity index (χ0v) is 10.4. The van der Waals surface area contributed by atoms with Crippen molar-refractivity contribution in [3.8, 4) is 11.3 Å². The lowest BCUT2D eigenvalue weighted by atomic mass is 10.0. The Balaban J connectivity index is 2.74. The Morgan fingerprint density at radius 2 is 1.50 bits per heavy atom. The third kappa shape index (κ3) is 1.73. The van der Waals surface area contributed by atoms with Gasteiger partial charge in [0.05, 0.1) is 0 Å². The fourth-order valence-corrected chi connectivity index (χ4v) is 2.11. The van der Waals surface area contributed by atoms with Crippen LogP contribution in [0.25, 0.3) is 11.3 Å². The second-order valence-corrected chi connectivity index (χ2v) is 4.38. The maximum Gasteiger partial charge on any atom is 0.215 e. The number of nitrogens with zero attached hydrogens (tertiary/aromatic N) is 1. The molecule has 0 saturated carbocycles. The Labute approximate surface area is 97.4 Å². The lowest BCUT2D eigenvalue weighted by Gasteiger charge is -2.08. The molecule has 1 nitrogen and oxygen atoms in total. The molecule has 0 unspecified atom stereocenters. The van der Waals surface area contributed by atoms with E-state index in [0.29, 0.717) is 0 Å². The standard InChI is InChI=1S/C15H18N/c1-11-7-5-6-8-14(11)15-12(2)9-10-13(3)16(15)4/h5-10H,1-4H3/q+1. The maximum absolute atomic E-state index is 2.26. The molecule has 0 aliphatic carbocycles. The van der Waals surface area contributed by atoms with Crippen molar-refractivity contribution in [2.24, 2.45) is 7.05 Å². The number of benzene rings is 1. The van der Waals surface area contributed by atoms with E-state index in [-0.39, 0.29) is 0 Å². The van der Waals surface area contributed by atoms with Crippen molar-refractivity contribution >= 4 is 0 Å². The zero-order chi connectivity index (χ0) is 11.7. The molecule has 1 heteroatoms. The predicted octanol–water partition coefficient (Wildman–Crippen LogP) is 3.10.